The Balaban J connectivity index is 1.51. The lowest BCUT2D eigenvalue weighted by Gasteiger charge is -2.13. The van der Waals surface area contributed by atoms with Gasteiger partial charge in [-0.1, -0.05) is 48.5 Å². The fourth-order valence-corrected chi connectivity index (χ4v) is 3.44. The smallest absolute Gasteiger partial charge is 0.243 e. The van der Waals surface area contributed by atoms with Crippen LogP contribution in [0.1, 0.15) is 23.6 Å². The fourth-order valence-electron chi connectivity index (χ4n) is 3.44. The summed E-state index contributed by atoms with van der Waals surface area (Å²) in [7, 11) is 0. The number of benzene rings is 3. The molecule has 0 spiro atoms. The summed E-state index contributed by atoms with van der Waals surface area (Å²) in [5, 5.41) is 5.02. The highest BCUT2D eigenvalue weighted by atomic mass is 19.1. The summed E-state index contributed by atoms with van der Waals surface area (Å²) in [4.78, 5) is 12.5. The van der Waals surface area contributed by atoms with E-state index in [1.165, 1.54) is 16.8 Å². The van der Waals surface area contributed by atoms with Crippen molar-refractivity contribution in [3.05, 3.63) is 77.6 Å². The molecule has 1 saturated heterocycles. The van der Waals surface area contributed by atoms with Gasteiger partial charge in [-0.25, -0.2) is 15.2 Å². The molecule has 0 radical (unpaired) electrons. The minimum atomic E-state index is -0.432. The SMILES string of the molecule is Cc1ccc(F)c(NC(=O)C2CC(c3cccc4ccccc34)NN2)c1. The van der Waals surface area contributed by atoms with Crippen LogP contribution in [-0.4, -0.2) is 11.9 Å². The van der Waals surface area contributed by atoms with E-state index in [1.54, 1.807) is 12.1 Å². The number of carbonyl (C=O) groups excluding carboxylic acids is 1. The molecule has 0 bridgehead atoms. The van der Waals surface area contributed by atoms with Gasteiger partial charge in [0.25, 0.3) is 0 Å². The molecule has 3 aromatic rings. The first-order valence-electron chi connectivity index (χ1n) is 8.67. The molecular weight excluding hydrogens is 329 g/mol. The van der Waals surface area contributed by atoms with E-state index in [1.807, 2.05) is 25.1 Å². The number of fused-ring (bicyclic) bond motifs is 1. The molecule has 5 heteroatoms. The first-order chi connectivity index (χ1) is 12.6. The predicted molar refractivity (Wildman–Crippen MR) is 101 cm³/mol. The fraction of sp³-hybridized carbons (Fsp3) is 0.190. The maximum absolute atomic E-state index is 13.9. The van der Waals surface area contributed by atoms with E-state index in [0.29, 0.717) is 6.42 Å². The van der Waals surface area contributed by atoms with E-state index in [-0.39, 0.29) is 17.6 Å². The number of hydrazine groups is 1. The molecule has 2 unspecified atom stereocenters. The Morgan fingerprint density at radius 1 is 1.08 bits per heavy atom. The van der Waals surface area contributed by atoms with Crippen LogP contribution < -0.4 is 16.2 Å². The molecule has 0 aromatic heterocycles. The van der Waals surface area contributed by atoms with E-state index >= 15 is 0 Å². The Morgan fingerprint density at radius 2 is 1.88 bits per heavy atom. The van der Waals surface area contributed by atoms with Crippen LogP contribution >= 0.6 is 0 Å². The summed E-state index contributed by atoms with van der Waals surface area (Å²) in [6.45, 7) is 1.86. The molecule has 26 heavy (non-hydrogen) atoms. The number of nitrogens with one attached hydrogen (secondary N) is 3. The van der Waals surface area contributed by atoms with E-state index in [9.17, 15) is 9.18 Å². The molecule has 132 valence electrons. The third-order valence-corrected chi connectivity index (χ3v) is 4.80. The normalized spacial score (nSPS) is 19.6. The monoisotopic (exact) mass is 349 g/mol. The van der Waals surface area contributed by atoms with E-state index in [0.717, 1.165) is 11.1 Å². The zero-order valence-electron chi connectivity index (χ0n) is 14.4. The van der Waals surface area contributed by atoms with Crippen LogP contribution in [0.3, 0.4) is 0 Å². The number of aryl methyl sites for hydroxylation is 1. The van der Waals surface area contributed by atoms with Crippen molar-refractivity contribution in [1.29, 1.82) is 0 Å². The lowest BCUT2D eigenvalue weighted by molar-refractivity contribution is -0.117. The molecule has 1 aliphatic heterocycles. The first kappa shape index (κ1) is 16.7. The minimum Gasteiger partial charge on any atom is -0.322 e. The Bertz CT molecular complexity index is 967. The van der Waals surface area contributed by atoms with Gasteiger partial charge >= 0.3 is 0 Å². The molecule has 1 heterocycles. The van der Waals surface area contributed by atoms with Gasteiger partial charge in [0.15, 0.2) is 0 Å². The van der Waals surface area contributed by atoms with E-state index < -0.39 is 11.9 Å². The van der Waals surface area contributed by atoms with Crippen LogP contribution in [0.25, 0.3) is 10.8 Å². The molecule has 0 aliphatic carbocycles. The number of carbonyl (C=O) groups is 1. The number of hydrogen-bond donors (Lipinski definition) is 3. The molecular formula is C21H20FN3O. The largest absolute Gasteiger partial charge is 0.322 e. The molecule has 1 amide bonds. The van der Waals surface area contributed by atoms with Crippen LogP contribution in [0.5, 0.6) is 0 Å². The number of anilines is 1. The van der Waals surface area contributed by atoms with Crippen molar-refractivity contribution in [2.75, 3.05) is 5.32 Å². The third kappa shape index (κ3) is 3.19. The zero-order chi connectivity index (χ0) is 18.1. The van der Waals surface area contributed by atoms with E-state index in [2.05, 4.69) is 40.4 Å². The van der Waals surface area contributed by atoms with Gasteiger partial charge in [0.05, 0.1) is 5.69 Å². The van der Waals surface area contributed by atoms with Gasteiger partial charge in [-0.2, -0.15) is 0 Å². The number of hydrogen-bond acceptors (Lipinski definition) is 3. The predicted octanol–water partition coefficient (Wildman–Crippen LogP) is 3.83. The maximum atomic E-state index is 13.9. The molecule has 4 nitrogen and oxygen atoms in total. The number of rotatable bonds is 3. The van der Waals surface area contributed by atoms with Crippen molar-refractivity contribution in [2.45, 2.75) is 25.4 Å². The Kier molecular flexibility index (Phi) is 4.41. The molecule has 0 saturated carbocycles. The van der Waals surface area contributed by atoms with Crippen molar-refractivity contribution in [1.82, 2.24) is 10.9 Å². The lowest BCUT2D eigenvalue weighted by Crippen LogP contribution is -2.39. The van der Waals surface area contributed by atoms with Gasteiger partial charge in [-0.3, -0.25) is 4.79 Å². The number of halogens is 1. The summed E-state index contributed by atoms with van der Waals surface area (Å²) in [6.07, 6.45) is 0.591. The van der Waals surface area contributed by atoms with E-state index in [4.69, 9.17) is 0 Å². The second kappa shape index (κ2) is 6.86. The second-order valence-electron chi connectivity index (χ2n) is 6.67. The zero-order valence-corrected chi connectivity index (χ0v) is 14.4. The molecule has 1 aliphatic rings. The lowest BCUT2D eigenvalue weighted by atomic mass is 9.96. The van der Waals surface area contributed by atoms with Crippen LogP contribution in [0, 0.1) is 12.7 Å². The Labute approximate surface area is 151 Å². The van der Waals surface area contributed by atoms with Crippen LogP contribution in [0.2, 0.25) is 0 Å². The molecule has 2 atom stereocenters. The van der Waals surface area contributed by atoms with Crippen LogP contribution in [0.15, 0.2) is 60.7 Å². The molecule has 3 N–H and O–H groups in total. The molecule has 4 rings (SSSR count). The van der Waals surface area contributed by atoms with Gasteiger partial charge in [0.1, 0.15) is 11.9 Å². The maximum Gasteiger partial charge on any atom is 0.243 e. The van der Waals surface area contributed by atoms with Crippen molar-refractivity contribution in [3.8, 4) is 0 Å². The highest BCUT2D eigenvalue weighted by Gasteiger charge is 2.31. The van der Waals surface area contributed by atoms with Gasteiger partial charge in [-0.15, -0.1) is 0 Å². The second-order valence-corrected chi connectivity index (χ2v) is 6.67. The quantitative estimate of drug-likeness (QED) is 0.673. The van der Waals surface area contributed by atoms with Gasteiger partial charge in [0.2, 0.25) is 5.91 Å². The van der Waals surface area contributed by atoms with Crippen molar-refractivity contribution < 1.29 is 9.18 Å². The Hall–Kier alpha value is -2.76. The standard InChI is InChI=1S/C21H20FN3O/c1-13-9-10-17(22)19(11-13)23-21(26)20-12-18(24-25-20)16-8-4-6-14-5-2-3-7-15(14)16/h2-11,18,20,24-25H,12H2,1H3,(H,23,26). The Morgan fingerprint density at radius 3 is 2.77 bits per heavy atom. The number of amides is 1. The topological polar surface area (TPSA) is 53.2 Å². The van der Waals surface area contributed by atoms with Gasteiger partial charge < -0.3 is 5.32 Å². The highest BCUT2D eigenvalue weighted by molar-refractivity contribution is 5.95. The van der Waals surface area contributed by atoms with Gasteiger partial charge in [-0.05, 0) is 47.4 Å². The summed E-state index contributed by atoms with van der Waals surface area (Å²) >= 11 is 0. The summed E-state index contributed by atoms with van der Waals surface area (Å²) in [5.41, 5.74) is 8.50. The summed E-state index contributed by atoms with van der Waals surface area (Å²) in [6, 6.07) is 18.6. The van der Waals surface area contributed by atoms with Gasteiger partial charge in [0, 0.05) is 6.04 Å². The average molecular weight is 349 g/mol. The van der Waals surface area contributed by atoms with Crippen LogP contribution in [0.4, 0.5) is 10.1 Å². The van der Waals surface area contributed by atoms with Crippen molar-refractivity contribution in [2.24, 2.45) is 0 Å². The third-order valence-electron chi connectivity index (χ3n) is 4.80. The highest BCUT2D eigenvalue weighted by Crippen LogP contribution is 2.29. The summed E-state index contributed by atoms with van der Waals surface area (Å²) < 4.78 is 13.9. The molecule has 1 fully saturated rings. The van der Waals surface area contributed by atoms with Crippen molar-refractivity contribution in [3.63, 3.8) is 0 Å². The first-order valence-corrected chi connectivity index (χ1v) is 8.67. The average Bonchev–Trinajstić information content (AvgIpc) is 3.14. The molecule has 3 aromatic carbocycles. The minimum absolute atomic E-state index is 0.0132. The summed E-state index contributed by atoms with van der Waals surface area (Å²) in [5.74, 6) is -0.676. The van der Waals surface area contributed by atoms with Crippen LogP contribution in [-0.2, 0) is 4.79 Å². The van der Waals surface area contributed by atoms with Crippen molar-refractivity contribution >= 4 is 22.4 Å².